The molecule has 2 rings (SSSR count). The van der Waals surface area contributed by atoms with E-state index in [9.17, 15) is 0 Å². The summed E-state index contributed by atoms with van der Waals surface area (Å²) in [7, 11) is 0. The van der Waals surface area contributed by atoms with Crippen molar-refractivity contribution >= 4 is 41.5 Å². The fourth-order valence-corrected chi connectivity index (χ4v) is 2.41. The second kappa shape index (κ2) is 13.7. The second-order valence-electron chi connectivity index (χ2n) is 6.17. The number of aromatic nitrogens is 1. The molecule has 0 bridgehead atoms. The van der Waals surface area contributed by atoms with Gasteiger partial charge in [0.25, 0.3) is 0 Å². The normalized spacial score (nSPS) is 12.2. The van der Waals surface area contributed by atoms with Crippen LogP contribution in [-0.4, -0.2) is 30.6 Å². The Kier molecular flexibility index (Phi) is 12.0. The van der Waals surface area contributed by atoms with Crippen molar-refractivity contribution in [2.45, 2.75) is 27.0 Å². The molecule has 0 fully saturated rings. The number of hydrogen-bond donors (Lipinski definition) is 2. The predicted molar refractivity (Wildman–Crippen MR) is 123 cm³/mol. The van der Waals surface area contributed by atoms with E-state index in [2.05, 4.69) is 39.7 Å². The van der Waals surface area contributed by atoms with Gasteiger partial charge in [0.2, 0.25) is 0 Å². The highest BCUT2D eigenvalue weighted by Crippen LogP contribution is 2.06. The Morgan fingerprint density at radius 1 is 1.15 bits per heavy atom. The van der Waals surface area contributed by atoms with E-state index in [1.54, 1.807) is 12.3 Å². The molecule has 0 amide bonds. The molecule has 0 saturated carbocycles. The zero-order chi connectivity index (χ0) is 18.6. The van der Waals surface area contributed by atoms with E-state index in [-0.39, 0.29) is 24.0 Å². The van der Waals surface area contributed by atoms with Gasteiger partial charge in [-0.1, -0.05) is 54.9 Å². The number of ether oxygens (including phenoxy) is 1. The highest BCUT2D eigenvalue weighted by Gasteiger charge is 2.05. The van der Waals surface area contributed by atoms with E-state index in [0.717, 1.165) is 24.6 Å². The van der Waals surface area contributed by atoms with Crippen molar-refractivity contribution in [3.63, 3.8) is 0 Å². The van der Waals surface area contributed by atoms with Gasteiger partial charge in [-0.2, -0.15) is 0 Å². The maximum atomic E-state index is 5.81. The molecule has 0 spiro atoms. The minimum absolute atomic E-state index is 0. The van der Waals surface area contributed by atoms with Crippen LogP contribution in [0.2, 0.25) is 5.15 Å². The summed E-state index contributed by atoms with van der Waals surface area (Å²) in [6.07, 6.45) is 1.75. The van der Waals surface area contributed by atoms with Crippen LogP contribution in [0.4, 0.5) is 0 Å². The number of hydrogen-bond acceptors (Lipinski definition) is 3. The molecule has 0 aliphatic heterocycles. The van der Waals surface area contributed by atoms with Gasteiger partial charge in [-0.3, -0.25) is 0 Å². The summed E-state index contributed by atoms with van der Waals surface area (Å²) in [5.41, 5.74) is 2.21. The van der Waals surface area contributed by atoms with Crippen molar-refractivity contribution in [2.24, 2.45) is 10.9 Å². The first kappa shape index (κ1) is 23.7. The van der Waals surface area contributed by atoms with Crippen LogP contribution in [-0.2, 0) is 17.9 Å². The number of rotatable bonds is 9. The fraction of sp³-hybridized carbons (Fsp3) is 0.400. The molecule has 1 aromatic carbocycles. The Labute approximate surface area is 184 Å². The van der Waals surface area contributed by atoms with Gasteiger partial charge in [0.05, 0.1) is 19.8 Å². The van der Waals surface area contributed by atoms with Crippen LogP contribution < -0.4 is 10.6 Å². The minimum Gasteiger partial charge on any atom is -0.376 e. The number of pyridine rings is 1. The third kappa shape index (κ3) is 9.93. The lowest BCUT2D eigenvalue weighted by Crippen LogP contribution is -2.40. The van der Waals surface area contributed by atoms with Gasteiger partial charge >= 0.3 is 0 Å². The van der Waals surface area contributed by atoms with Crippen molar-refractivity contribution in [1.29, 1.82) is 0 Å². The smallest absolute Gasteiger partial charge is 0.191 e. The van der Waals surface area contributed by atoms with Crippen LogP contribution >= 0.6 is 35.6 Å². The third-order valence-corrected chi connectivity index (χ3v) is 3.91. The first-order chi connectivity index (χ1) is 12.7. The predicted octanol–water partition coefficient (Wildman–Crippen LogP) is 4.26. The fourth-order valence-electron chi connectivity index (χ4n) is 2.29. The molecule has 148 valence electrons. The third-order valence-electron chi connectivity index (χ3n) is 3.68. The zero-order valence-electron chi connectivity index (χ0n) is 15.8. The Bertz CT molecular complexity index is 667. The Morgan fingerprint density at radius 3 is 2.59 bits per heavy atom. The molecular weight excluding hydrogens is 475 g/mol. The maximum Gasteiger partial charge on any atom is 0.191 e. The number of guanidine groups is 1. The van der Waals surface area contributed by atoms with Crippen LogP contribution in [0.5, 0.6) is 0 Å². The molecule has 2 N–H and O–H groups in total. The molecule has 1 heterocycles. The SMILES string of the molecule is CCNC(=NCc1ccc(Cl)nc1)NCC(C)COCc1ccccc1.I. The van der Waals surface area contributed by atoms with E-state index in [1.165, 1.54) is 5.56 Å². The van der Waals surface area contributed by atoms with Crippen LogP contribution in [0, 0.1) is 5.92 Å². The van der Waals surface area contributed by atoms with E-state index in [4.69, 9.17) is 16.3 Å². The largest absolute Gasteiger partial charge is 0.376 e. The average Bonchev–Trinajstić information content (AvgIpc) is 2.66. The number of benzene rings is 1. The Hall–Kier alpha value is -1.38. The van der Waals surface area contributed by atoms with Crippen molar-refractivity contribution in [3.8, 4) is 0 Å². The second-order valence-corrected chi connectivity index (χ2v) is 6.56. The van der Waals surface area contributed by atoms with Gasteiger partial charge in [-0.05, 0) is 30.0 Å². The van der Waals surface area contributed by atoms with E-state index >= 15 is 0 Å². The maximum absolute atomic E-state index is 5.81. The van der Waals surface area contributed by atoms with Gasteiger partial charge in [0.15, 0.2) is 5.96 Å². The number of nitrogens with one attached hydrogen (secondary N) is 2. The summed E-state index contributed by atoms with van der Waals surface area (Å²) in [5, 5.41) is 7.11. The highest BCUT2D eigenvalue weighted by atomic mass is 127. The molecule has 1 aromatic heterocycles. The molecule has 7 heteroatoms. The minimum atomic E-state index is 0. The van der Waals surface area contributed by atoms with Gasteiger partial charge < -0.3 is 15.4 Å². The molecular formula is C20H28ClIN4O. The molecule has 1 unspecified atom stereocenters. The monoisotopic (exact) mass is 502 g/mol. The van der Waals surface area contributed by atoms with E-state index in [0.29, 0.717) is 30.8 Å². The first-order valence-electron chi connectivity index (χ1n) is 8.91. The lowest BCUT2D eigenvalue weighted by molar-refractivity contribution is 0.0931. The van der Waals surface area contributed by atoms with Crippen LogP contribution in [0.25, 0.3) is 0 Å². The molecule has 1 atom stereocenters. The summed E-state index contributed by atoms with van der Waals surface area (Å²) in [6.45, 7) is 7.70. The Balaban J connectivity index is 0.00000364. The van der Waals surface area contributed by atoms with Gasteiger partial charge in [-0.15, -0.1) is 24.0 Å². The summed E-state index contributed by atoms with van der Waals surface area (Å²) in [6, 6.07) is 13.9. The van der Waals surface area contributed by atoms with Crippen molar-refractivity contribution in [2.75, 3.05) is 19.7 Å². The number of nitrogens with zero attached hydrogens (tertiary/aromatic N) is 2. The molecule has 27 heavy (non-hydrogen) atoms. The van der Waals surface area contributed by atoms with Crippen LogP contribution in [0.15, 0.2) is 53.7 Å². The molecule has 0 saturated heterocycles. The first-order valence-corrected chi connectivity index (χ1v) is 9.29. The summed E-state index contributed by atoms with van der Waals surface area (Å²) in [4.78, 5) is 8.66. The van der Waals surface area contributed by atoms with Gasteiger partial charge in [-0.25, -0.2) is 9.98 Å². The summed E-state index contributed by atoms with van der Waals surface area (Å²) < 4.78 is 5.79. The molecule has 2 aromatic rings. The highest BCUT2D eigenvalue weighted by molar-refractivity contribution is 14.0. The molecule has 0 radical (unpaired) electrons. The van der Waals surface area contributed by atoms with Gasteiger partial charge in [0, 0.05) is 19.3 Å². The lowest BCUT2D eigenvalue weighted by Gasteiger charge is -2.16. The van der Waals surface area contributed by atoms with Crippen molar-refractivity contribution < 1.29 is 4.74 Å². The van der Waals surface area contributed by atoms with Crippen LogP contribution in [0.1, 0.15) is 25.0 Å². The van der Waals surface area contributed by atoms with Gasteiger partial charge in [0.1, 0.15) is 5.15 Å². The van der Waals surface area contributed by atoms with Crippen molar-refractivity contribution in [1.82, 2.24) is 15.6 Å². The molecule has 0 aliphatic carbocycles. The van der Waals surface area contributed by atoms with E-state index in [1.807, 2.05) is 31.2 Å². The number of aliphatic imine (C=N–C) groups is 1. The Morgan fingerprint density at radius 2 is 1.93 bits per heavy atom. The van der Waals surface area contributed by atoms with Crippen LogP contribution in [0.3, 0.4) is 0 Å². The number of halogens is 2. The van der Waals surface area contributed by atoms with E-state index < -0.39 is 0 Å². The zero-order valence-corrected chi connectivity index (χ0v) is 18.9. The summed E-state index contributed by atoms with van der Waals surface area (Å²) >= 11 is 5.81. The topological polar surface area (TPSA) is 58.5 Å². The average molecular weight is 503 g/mol. The summed E-state index contributed by atoms with van der Waals surface area (Å²) in [5.74, 6) is 1.16. The molecule has 5 nitrogen and oxygen atoms in total. The standard InChI is InChI=1S/C20H27ClN4O.HI/c1-3-22-20(25-13-18-9-10-19(21)23-12-18)24-11-16(2)14-26-15-17-7-5-4-6-8-17;/h4-10,12,16H,3,11,13-15H2,1-2H3,(H2,22,24,25);1H. The lowest BCUT2D eigenvalue weighted by atomic mass is 10.2. The quantitative estimate of drug-likeness (QED) is 0.233. The molecule has 0 aliphatic rings. The van der Waals surface area contributed by atoms with Crippen molar-refractivity contribution in [3.05, 3.63) is 64.9 Å².